The number of carbonyl (C=O) groups excluding carboxylic acids is 1. The topological polar surface area (TPSA) is 38.8 Å². The Balaban J connectivity index is 1.77. The maximum Gasteiger partial charge on any atom is 0.257 e. The average Bonchev–Trinajstić information content (AvgIpc) is 2.63. The van der Waals surface area contributed by atoms with Gasteiger partial charge in [-0.1, -0.05) is 42.0 Å². The number of ether oxygens (including phenoxy) is 2. The van der Waals surface area contributed by atoms with E-state index in [0.29, 0.717) is 37.6 Å². The van der Waals surface area contributed by atoms with Gasteiger partial charge in [-0.2, -0.15) is 0 Å². The van der Waals surface area contributed by atoms with E-state index in [0.717, 1.165) is 5.56 Å². The highest BCUT2D eigenvalue weighted by molar-refractivity contribution is 5.97. The summed E-state index contributed by atoms with van der Waals surface area (Å²) in [6.07, 6.45) is -0.0810. The van der Waals surface area contributed by atoms with Gasteiger partial charge in [0.1, 0.15) is 11.9 Å². The Morgan fingerprint density at radius 2 is 1.96 bits per heavy atom. The number of amides is 1. The highest BCUT2D eigenvalue weighted by Crippen LogP contribution is 2.26. The van der Waals surface area contributed by atoms with E-state index in [4.69, 9.17) is 9.47 Å². The standard InChI is InChI=1S/C20H23NO3/c1-3-23-18-7-5-4-6-17(18)20(22)21-12-13-24-19(14-21)16-10-8-15(2)9-11-16/h4-11,19H,3,12-14H2,1-2H3. The van der Waals surface area contributed by atoms with Crippen LogP contribution in [0.4, 0.5) is 0 Å². The van der Waals surface area contributed by atoms with E-state index in [1.165, 1.54) is 5.56 Å². The lowest BCUT2D eigenvalue weighted by Crippen LogP contribution is -2.42. The molecular weight excluding hydrogens is 302 g/mol. The zero-order valence-corrected chi connectivity index (χ0v) is 14.2. The van der Waals surface area contributed by atoms with Gasteiger partial charge >= 0.3 is 0 Å². The first-order valence-corrected chi connectivity index (χ1v) is 8.38. The Hall–Kier alpha value is -2.33. The van der Waals surface area contributed by atoms with E-state index in [1.807, 2.05) is 36.1 Å². The van der Waals surface area contributed by atoms with Crippen LogP contribution in [0.2, 0.25) is 0 Å². The van der Waals surface area contributed by atoms with E-state index >= 15 is 0 Å². The molecule has 4 heteroatoms. The van der Waals surface area contributed by atoms with Crippen molar-refractivity contribution in [1.29, 1.82) is 0 Å². The van der Waals surface area contributed by atoms with Crippen LogP contribution in [-0.2, 0) is 4.74 Å². The minimum Gasteiger partial charge on any atom is -0.493 e. The second-order valence-electron chi connectivity index (χ2n) is 5.95. The number of hydrogen-bond donors (Lipinski definition) is 0. The lowest BCUT2D eigenvalue weighted by atomic mass is 10.1. The summed E-state index contributed by atoms with van der Waals surface area (Å²) >= 11 is 0. The summed E-state index contributed by atoms with van der Waals surface area (Å²) < 4.78 is 11.5. The molecule has 1 saturated heterocycles. The zero-order chi connectivity index (χ0) is 16.9. The molecule has 2 aromatic carbocycles. The maximum atomic E-state index is 12.9. The summed E-state index contributed by atoms with van der Waals surface area (Å²) in [7, 11) is 0. The van der Waals surface area contributed by atoms with Crippen LogP contribution in [0.5, 0.6) is 5.75 Å². The van der Waals surface area contributed by atoms with Crippen molar-refractivity contribution < 1.29 is 14.3 Å². The first-order valence-electron chi connectivity index (χ1n) is 8.38. The Labute approximate surface area is 143 Å². The molecule has 0 radical (unpaired) electrons. The van der Waals surface area contributed by atoms with Gasteiger partial charge in [0.2, 0.25) is 0 Å². The molecule has 1 atom stereocenters. The lowest BCUT2D eigenvalue weighted by Gasteiger charge is -2.33. The van der Waals surface area contributed by atoms with Crippen molar-refractivity contribution in [2.24, 2.45) is 0 Å². The minimum atomic E-state index is -0.0810. The molecular formula is C20H23NO3. The monoisotopic (exact) mass is 325 g/mol. The van der Waals surface area contributed by atoms with Gasteiger partial charge in [-0.15, -0.1) is 0 Å². The van der Waals surface area contributed by atoms with Crippen LogP contribution in [0.3, 0.4) is 0 Å². The van der Waals surface area contributed by atoms with E-state index in [1.54, 1.807) is 0 Å². The minimum absolute atomic E-state index is 0.000498. The quantitative estimate of drug-likeness (QED) is 0.862. The molecule has 0 aromatic heterocycles. The molecule has 1 aliphatic rings. The van der Waals surface area contributed by atoms with Crippen LogP contribution < -0.4 is 4.74 Å². The van der Waals surface area contributed by atoms with Gasteiger partial charge in [0.25, 0.3) is 5.91 Å². The molecule has 24 heavy (non-hydrogen) atoms. The largest absolute Gasteiger partial charge is 0.493 e. The highest BCUT2D eigenvalue weighted by Gasteiger charge is 2.27. The van der Waals surface area contributed by atoms with Gasteiger partial charge < -0.3 is 14.4 Å². The van der Waals surface area contributed by atoms with E-state index in [2.05, 4.69) is 31.2 Å². The van der Waals surface area contributed by atoms with Crippen LogP contribution in [-0.4, -0.2) is 37.1 Å². The third-order valence-electron chi connectivity index (χ3n) is 4.22. The Morgan fingerprint density at radius 3 is 2.71 bits per heavy atom. The molecule has 1 unspecified atom stereocenters. The van der Waals surface area contributed by atoms with Crippen molar-refractivity contribution >= 4 is 5.91 Å². The summed E-state index contributed by atoms with van der Waals surface area (Å²) in [6.45, 7) is 6.22. The van der Waals surface area contributed by atoms with E-state index in [-0.39, 0.29) is 12.0 Å². The molecule has 1 heterocycles. The number of nitrogens with zero attached hydrogens (tertiary/aromatic N) is 1. The number of morpholine rings is 1. The summed E-state index contributed by atoms with van der Waals surface area (Å²) in [6, 6.07) is 15.7. The summed E-state index contributed by atoms with van der Waals surface area (Å²) in [5, 5.41) is 0. The van der Waals surface area contributed by atoms with Gasteiger partial charge in [0, 0.05) is 6.54 Å². The fourth-order valence-electron chi connectivity index (χ4n) is 2.91. The number of rotatable bonds is 4. The van der Waals surface area contributed by atoms with Gasteiger partial charge in [-0.25, -0.2) is 0 Å². The fourth-order valence-corrected chi connectivity index (χ4v) is 2.91. The van der Waals surface area contributed by atoms with Crippen molar-refractivity contribution in [2.45, 2.75) is 20.0 Å². The Morgan fingerprint density at radius 1 is 1.21 bits per heavy atom. The predicted octanol–water partition coefficient (Wildman–Crippen LogP) is 3.61. The SMILES string of the molecule is CCOc1ccccc1C(=O)N1CCOC(c2ccc(C)cc2)C1. The third-order valence-corrected chi connectivity index (χ3v) is 4.22. The molecule has 1 fully saturated rings. The number of para-hydroxylation sites is 1. The number of hydrogen-bond acceptors (Lipinski definition) is 3. The van der Waals surface area contributed by atoms with Gasteiger partial charge in [-0.05, 0) is 31.5 Å². The number of aryl methyl sites for hydroxylation is 1. The average molecular weight is 325 g/mol. The summed E-state index contributed by atoms with van der Waals surface area (Å²) in [5.41, 5.74) is 2.94. The first-order chi connectivity index (χ1) is 11.7. The molecule has 4 nitrogen and oxygen atoms in total. The normalized spacial score (nSPS) is 17.6. The molecule has 0 bridgehead atoms. The van der Waals surface area contributed by atoms with Gasteiger partial charge in [0.15, 0.2) is 0 Å². The van der Waals surface area contributed by atoms with Crippen LogP contribution >= 0.6 is 0 Å². The predicted molar refractivity (Wildman–Crippen MR) is 93.4 cm³/mol. The molecule has 1 aliphatic heterocycles. The molecule has 1 amide bonds. The van der Waals surface area contributed by atoms with Crippen molar-refractivity contribution in [3.63, 3.8) is 0 Å². The summed E-state index contributed by atoms with van der Waals surface area (Å²) in [4.78, 5) is 14.8. The Kier molecular flexibility index (Phi) is 5.16. The second kappa shape index (κ2) is 7.49. The van der Waals surface area contributed by atoms with Crippen LogP contribution in [0, 0.1) is 6.92 Å². The molecule has 0 spiro atoms. The fraction of sp³-hybridized carbons (Fsp3) is 0.350. The molecule has 126 valence electrons. The number of benzene rings is 2. The van der Waals surface area contributed by atoms with E-state index < -0.39 is 0 Å². The third kappa shape index (κ3) is 3.60. The Bertz CT molecular complexity index is 696. The van der Waals surface area contributed by atoms with Crippen LogP contribution in [0.1, 0.15) is 34.5 Å². The molecule has 3 rings (SSSR count). The number of carbonyl (C=O) groups is 1. The van der Waals surface area contributed by atoms with E-state index in [9.17, 15) is 4.79 Å². The molecule has 0 aliphatic carbocycles. The summed E-state index contributed by atoms with van der Waals surface area (Å²) in [5.74, 6) is 0.642. The maximum absolute atomic E-state index is 12.9. The van der Waals surface area contributed by atoms with Crippen molar-refractivity contribution in [3.8, 4) is 5.75 Å². The highest BCUT2D eigenvalue weighted by atomic mass is 16.5. The zero-order valence-electron chi connectivity index (χ0n) is 14.2. The molecule has 0 N–H and O–H groups in total. The van der Waals surface area contributed by atoms with Crippen molar-refractivity contribution in [3.05, 3.63) is 65.2 Å². The van der Waals surface area contributed by atoms with Gasteiger partial charge in [0.05, 0.1) is 25.3 Å². The van der Waals surface area contributed by atoms with Crippen molar-refractivity contribution in [2.75, 3.05) is 26.3 Å². The smallest absolute Gasteiger partial charge is 0.257 e. The van der Waals surface area contributed by atoms with Crippen LogP contribution in [0.25, 0.3) is 0 Å². The van der Waals surface area contributed by atoms with Gasteiger partial charge in [-0.3, -0.25) is 4.79 Å². The molecule has 2 aromatic rings. The molecule has 0 saturated carbocycles. The first kappa shape index (κ1) is 16.5. The van der Waals surface area contributed by atoms with Crippen molar-refractivity contribution in [1.82, 2.24) is 4.90 Å². The lowest BCUT2D eigenvalue weighted by molar-refractivity contribution is -0.0229. The van der Waals surface area contributed by atoms with Crippen LogP contribution in [0.15, 0.2) is 48.5 Å². The second-order valence-corrected chi connectivity index (χ2v) is 5.95.